The average Bonchev–Trinajstić information content (AvgIpc) is 2.49. The molecule has 0 radical (unpaired) electrons. The predicted octanol–water partition coefficient (Wildman–Crippen LogP) is 1.47. The van der Waals surface area contributed by atoms with Crippen LogP contribution in [0.15, 0.2) is 0 Å². The van der Waals surface area contributed by atoms with Gasteiger partial charge in [-0.1, -0.05) is 32.1 Å². The number of nitrogens with one attached hydrogen (secondary N) is 1. The molecule has 3 N–H and O–H groups in total. The first-order chi connectivity index (χ1) is 9.65. The lowest BCUT2D eigenvalue weighted by molar-refractivity contribution is -0.125. The maximum atomic E-state index is 12.2. The SMILES string of the molecule is N#CC1(NC(=O)C(N)CC2CCCCC2)CCOCC1. The fraction of sp³-hybridized carbons (Fsp3) is 0.867. The Kier molecular flexibility index (Phi) is 5.38. The molecule has 1 unspecified atom stereocenters. The lowest BCUT2D eigenvalue weighted by Crippen LogP contribution is -2.55. The van der Waals surface area contributed by atoms with Crippen LogP contribution in [0.2, 0.25) is 0 Å². The van der Waals surface area contributed by atoms with Crippen molar-refractivity contribution in [2.75, 3.05) is 13.2 Å². The Morgan fingerprint density at radius 3 is 2.60 bits per heavy atom. The van der Waals surface area contributed by atoms with Gasteiger partial charge in [0.15, 0.2) is 0 Å². The minimum Gasteiger partial charge on any atom is -0.381 e. The molecule has 5 nitrogen and oxygen atoms in total. The largest absolute Gasteiger partial charge is 0.381 e. The van der Waals surface area contributed by atoms with E-state index in [-0.39, 0.29) is 5.91 Å². The molecule has 5 heteroatoms. The number of nitrogens with two attached hydrogens (primary N) is 1. The summed E-state index contributed by atoms with van der Waals surface area (Å²) in [6.07, 6.45) is 7.99. The van der Waals surface area contributed by atoms with Crippen molar-refractivity contribution in [1.29, 1.82) is 5.26 Å². The highest BCUT2D eigenvalue weighted by Gasteiger charge is 2.35. The van der Waals surface area contributed by atoms with E-state index in [9.17, 15) is 10.1 Å². The summed E-state index contributed by atoms with van der Waals surface area (Å²) in [7, 11) is 0. The molecular formula is C15H25N3O2. The van der Waals surface area contributed by atoms with Crippen molar-refractivity contribution in [3.8, 4) is 6.07 Å². The third-order valence-corrected chi connectivity index (χ3v) is 4.57. The molecule has 1 aliphatic heterocycles. The van der Waals surface area contributed by atoms with Crippen LogP contribution in [0.5, 0.6) is 0 Å². The Morgan fingerprint density at radius 2 is 2.00 bits per heavy atom. The molecule has 0 aromatic heterocycles. The lowest BCUT2D eigenvalue weighted by Gasteiger charge is -2.33. The minimum absolute atomic E-state index is 0.181. The van der Waals surface area contributed by atoms with Gasteiger partial charge >= 0.3 is 0 Å². The standard InChI is InChI=1S/C15H25N3O2/c16-11-15(6-8-20-9-7-15)18-14(19)13(17)10-12-4-2-1-3-5-12/h12-13H,1-10,17H2,(H,18,19). The van der Waals surface area contributed by atoms with Gasteiger partial charge in [-0.25, -0.2) is 0 Å². The van der Waals surface area contributed by atoms with Gasteiger partial charge in [-0.05, 0) is 12.3 Å². The molecule has 1 heterocycles. The highest BCUT2D eigenvalue weighted by Crippen LogP contribution is 2.27. The van der Waals surface area contributed by atoms with E-state index in [0.717, 1.165) is 6.42 Å². The maximum Gasteiger partial charge on any atom is 0.238 e. The molecule has 1 saturated heterocycles. The first-order valence-electron chi connectivity index (χ1n) is 7.72. The molecule has 112 valence electrons. The summed E-state index contributed by atoms with van der Waals surface area (Å²) < 4.78 is 5.26. The van der Waals surface area contributed by atoms with Gasteiger partial charge in [-0.15, -0.1) is 0 Å². The smallest absolute Gasteiger partial charge is 0.238 e. The van der Waals surface area contributed by atoms with E-state index in [4.69, 9.17) is 10.5 Å². The Bertz CT molecular complexity index is 366. The van der Waals surface area contributed by atoms with Crippen LogP contribution in [-0.4, -0.2) is 30.7 Å². The molecule has 0 aromatic rings. The second kappa shape index (κ2) is 7.05. The van der Waals surface area contributed by atoms with E-state index in [1.807, 2.05) is 0 Å². The Hall–Kier alpha value is -1.12. The number of ether oxygens (including phenoxy) is 1. The summed E-state index contributed by atoms with van der Waals surface area (Å²) in [4.78, 5) is 12.2. The maximum absolute atomic E-state index is 12.2. The van der Waals surface area contributed by atoms with Gasteiger partial charge in [-0.3, -0.25) is 4.79 Å². The number of amides is 1. The second-order valence-electron chi connectivity index (χ2n) is 6.14. The zero-order valence-corrected chi connectivity index (χ0v) is 12.1. The molecule has 20 heavy (non-hydrogen) atoms. The molecule has 0 aromatic carbocycles. The van der Waals surface area contributed by atoms with Crippen LogP contribution in [0.25, 0.3) is 0 Å². The van der Waals surface area contributed by atoms with Gasteiger partial charge in [0.25, 0.3) is 0 Å². The number of carbonyl (C=O) groups is 1. The van der Waals surface area contributed by atoms with Crippen molar-refractivity contribution in [1.82, 2.24) is 5.32 Å². The number of carbonyl (C=O) groups excluding carboxylic acids is 1. The van der Waals surface area contributed by atoms with Crippen molar-refractivity contribution in [3.63, 3.8) is 0 Å². The average molecular weight is 279 g/mol. The summed E-state index contributed by atoms with van der Waals surface area (Å²) in [5.41, 5.74) is 5.25. The Morgan fingerprint density at radius 1 is 1.35 bits per heavy atom. The van der Waals surface area contributed by atoms with Gasteiger partial charge in [0.05, 0.1) is 12.1 Å². The molecule has 2 aliphatic rings. The number of hydrogen-bond donors (Lipinski definition) is 2. The third-order valence-electron chi connectivity index (χ3n) is 4.57. The minimum atomic E-state index is -0.778. The van der Waals surface area contributed by atoms with Crippen LogP contribution in [0, 0.1) is 17.2 Å². The number of nitrogens with zero attached hydrogens (tertiary/aromatic N) is 1. The van der Waals surface area contributed by atoms with Gasteiger partial charge in [0.1, 0.15) is 5.54 Å². The zero-order chi connectivity index (χ0) is 14.4. The molecular weight excluding hydrogens is 254 g/mol. The topological polar surface area (TPSA) is 88.1 Å². The van der Waals surface area contributed by atoms with Crippen LogP contribution in [0.4, 0.5) is 0 Å². The van der Waals surface area contributed by atoms with E-state index in [2.05, 4.69) is 11.4 Å². The lowest BCUT2D eigenvalue weighted by atomic mass is 9.84. The number of hydrogen-bond acceptors (Lipinski definition) is 4. The number of rotatable bonds is 4. The molecule has 0 bridgehead atoms. The Labute approximate surface area is 120 Å². The first-order valence-corrected chi connectivity index (χ1v) is 7.72. The van der Waals surface area contributed by atoms with E-state index in [0.29, 0.717) is 32.0 Å². The highest BCUT2D eigenvalue weighted by atomic mass is 16.5. The Balaban J connectivity index is 1.84. The second-order valence-corrected chi connectivity index (χ2v) is 6.14. The van der Waals surface area contributed by atoms with Crippen LogP contribution in [-0.2, 0) is 9.53 Å². The van der Waals surface area contributed by atoms with Gasteiger partial charge in [0.2, 0.25) is 5.91 Å². The summed E-state index contributed by atoms with van der Waals surface area (Å²) in [6.45, 7) is 1.04. The zero-order valence-electron chi connectivity index (χ0n) is 12.1. The van der Waals surface area contributed by atoms with Crippen LogP contribution in [0.3, 0.4) is 0 Å². The quantitative estimate of drug-likeness (QED) is 0.815. The number of nitriles is 1. The van der Waals surface area contributed by atoms with E-state index >= 15 is 0 Å². The molecule has 1 aliphatic carbocycles. The van der Waals surface area contributed by atoms with Crippen molar-refractivity contribution in [2.24, 2.45) is 11.7 Å². The summed E-state index contributed by atoms with van der Waals surface area (Å²) in [5, 5.41) is 12.2. The van der Waals surface area contributed by atoms with Gasteiger partial charge < -0.3 is 15.8 Å². The molecule has 1 amide bonds. The van der Waals surface area contributed by atoms with Gasteiger partial charge in [-0.2, -0.15) is 5.26 Å². The van der Waals surface area contributed by atoms with Crippen molar-refractivity contribution < 1.29 is 9.53 Å². The monoisotopic (exact) mass is 279 g/mol. The van der Waals surface area contributed by atoms with Crippen LogP contribution in [0.1, 0.15) is 51.4 Å². The van der Waals surface area contributed by atoms with Crippen LogP contribution < -0.4 is 11.1 Å². The fourth-order valence-corrected chi connectivity index (χ4v) is 3.20. The van der Waals surface area contributed by atoms with Crippen molar-refractivity contribution >= 4 is 5.91 Å². The predicted molar refractivity (Wildman–Crippen MR) is 75.7 cm³/mol. The first kappa shape index (κ1) is 15.3. The summed E-state index contributed by atoms with van der Waals surface area (Å²) in [5.74, 6) is 0.385. The van der Waals surface area contributed by atoms with Crippen LogP contribution >= 0.6 is 0 Å². The molecule has 2 rings (SSSR count). The molecule has 0 spiro atoms. The van der Waals surface area contributed by atoms with Crippen molar-refractivity contribution in [3.05, 3.63) is 0 Å². The van der Waals surface area contributed by atoms with E-state index in [1.54, 1.807) is 0 Å². The third kappa shape index (κ3) is 3.94. The van der Waals surface area contributed by atoms with E-state index < -0.39 is 11.6 Å². The molecule has 2 fully saturated rings. The molecule has 1 atom stereocenters. The van der Waals surface area contributed by atoms with Crippen molar-refractivity contribution in [2.45, 2.75) is 62.9 Å². The van der Waals surface area contributed by atoms with Gasteiger partial charge in [0, 0.05) is 26.1 Å². The normalized spacial score (nSPS) is 24.6. The van der Waals surface area contributed by atoms with E-state index in [1.165, 1.54) is 32.1 Å². The molecule has 1 saturated carbocycles. The summed E-state index contributed by atoms with van der Waals surface area (Å²) >= 11 is 0. The highest BCUT2D eigenvalue weighted by molar-refractivity contribution is 5.82. The fourth-order valence-electron chi connectivity index (χ4n) is 3.20. The summed E-state index contributed by atoms with van der Waals surface area (Å²) in [6, 6.07) is 1.75.